The number of allylic oxidation sites excluding steroid dienone is 1. The topological polar surface area (TPSA) is 33.2 Å². The molecule has 4 heteroatoms. The number of aromatic nitrogens is 1. The number of carbonyl (C=O) groups is 1. The van der Waals surface area contributed by atoms with Gasteiger partial charge < -0.3 is 4.90 Å². The molecule has 3 nitrogen and oxygen atoms in total. The fraction of sp³-hybridized carbons (Fsp3) is 0.125. The second-order valence-corrected chi connectivity index (χ2v) is 4.58. The van der Waals surface area contributed by atoms with E-state index in [0.29, 0.717) is 16.7 Å². The third-order valence-electron chi connectivity index (χ3n) is 2.73. The molecule has 0 amide bonds. The van der Waals surface area contributed by atoms with Crippen molar-refractivity contribution in [3.05, 3.63) is 71.9 Å². The molecule has 0 aliphatic heterocycles. The largest absolute Gasteiger partial charge is 0.383 e. The summed E-state index contributed by atoms with van der Waals surface area (Å²) in [5.74, 6) is -0.443. The number of Topliss-reactive ketones (excluding diaryl/α,β-unsaturated/α-hetero) is 1. The number of pyridine rings is 1. The van der Waals surface area contributed by atoms with Crippen molar-refractivity contribution in [1.82, 2.24) is 9.88 Å². The van der Waals surface area contributed by atoms with Crippen LogP contribution in [0, 0.1) is 5.82 Å². The molecule has 0 aliphatic rings. The maximum Gasteiger partial charge on any atom is 0.195 e. The number of hydrogen-bond acceptors (Lipinski definition) is 3. The molecule has 1 heterocycles. The van der Waals surface area contributed by atoms with Crippen molar-refractivity contribution in [3.8, 4) is 0 Å². The Labute approximate surface area is 117 Å². The maximum atomic E-state index is 13.0. The summed E-state index contributed by atoms with van der Waals surface area (Å²) < 4.78 is 13.0. The van der Waals surface area contributed by atoms with Gasteiger partial charge in [0.2, 0.25) is 0 Å². The van der Waals surface area contributed by atoms with E-state index in [1.54, 1.807) is 47.8 Å². The lowest BCUT2D eigenvalue weighted by Gasteiger charge is -2.12. The molecule has 1 aromatic carbocycles. The van der Waals surface area contributed by atoms with E-state index in [9.17, 15) is 9.18 Å². The molecule has 0 N–H and O–H groups in total. The molecule has 1 aromatic heterocycles. The van der Waals surface area contributed by atoms with Crippen LogP contribution in [0.2, 0.25) is 0 Å². The number of benzene rings is 1. The normalized spacial score (nSPS) is 11.2. The van der Waals surface area contributed by atoms with Gasteiger partial charge in [0.05, 0.1) is 0 Å². The summed E-state index contributed by atoms with van der Waals surface area (Å²) in [4.78, 5) is 18.2. The molecule has 0 radical (unpaired) electrons. The van der Waals surface area contributed by atoms with Gasteiger partial charge in [0.1, 0.15) is 5.82 Å². The lowest BCUT2D eigenvalue weighted by molar-refractivity contribution is 0.105. The maximum absolute atomic E-state index is 13.0. The molecule has 102 valence electrons. The first-order chi connectivity index (χ1) is 9.58. The van der Waals surface area contributed by atoms with Crippen LogP contribution in [0.25, 0.3) is 5.57 Å². The van der Waals surface area contributed by atoms with E-state index in [4.69, 9.17) is 0 Å². The first-order valence-electron chi connectivity index (χ1n) is 6.17. The Balaban J connectivity index is 2.44. The molecule has 2 aromatic rings. The van der Waals surface area contributed by atoms with Crippen molar-refractivity contribution in [2.24, 2.45) is 0 Å². The Morgan fingerprint density at radius 1 is 1.05 bits per heavy atom. The van der Waals surface area contributed by atoms with Crippen LogP contribution in [0.3, 0.4) is 0 Å². The van der Waals surface area contributed by atoms with Gasteiger partial charge in [-0.1, -0.05) is 12.1 Å². The van der Waals surface area contributed by atoms with Crippen molar-refractivity contribution in [2.45, 2.75) is 0 Å². The monoisotopic (exact) mass is 270 g/mol. The minimum atomic E-state index is -0.325. The van der Waals surface area contributed by atoms with Crippen LogP contribution in [0.5, 0.6) is 0 Å². The van der Waals surface area contributed by atoms with Gasteiger partial charge in [-0.05, 0) is 29.8 Å². The number of halogens is 1. The number of carbonyl (C=O) groups excluding carboxylic acids is 1. The first-order valence-corrected chi connectivity index (χ1v) is 6.17. The van der Waals surface area contributed by atoms with Crippen molar-refractivity contribution in [3.63, 3.8) is 0 Å². The highest BCUT2D eigenvalue weighted by Gasteiger charge is 2.14. The molecule has 0 bridgehead atoms. The van der Waals surface area contributed by atoms with E-state index >= 15 is 0 Å². The summed E-state index contributed by atoms with van der Waals surface area (Å²) in [5.41, 5.74) is 1.75. The van der Waals surface area contributed by atoms with E-state index in [2.05, 4.69) is 4.98 Å². The van der Waals surface area contributed by atoms with Gasteiger partial charge in [-0.3, -0.25) is 9.78 Å². The zero-order valence-corrected chi connectivity index (χ0v) is 11.4. The van der Waals surface area contributed by atoms with Gasteiger partial charge in [0.15, 0.2) is 5.78 Å². The second-order valence-electron chi connectivity index (χ2n) is 4.58. The first kappa shape index (κ1) is 13.9. The van der Waals surface area contributed by atoms with Crippen LogP contribution in [-0.2, 0) is 0 Å². The molecular weight excluding hydrogens is 255 g/mol. The van der Waals surface area contributed by atoms with Crippen LogP contribution >= 0.6 is 0 Å². The summed E-state index contributed by atoms with van der Waals surface area (Å²) in [6, 6.07) is 9.22. The fourth-order valence-electron chi connectivity index (χ4n) is 1.81. The van der Waals surface area contributed by atoms with Crippen LogP contribution in [0.1, 0.15) is 15.9 Å². The van der Waals surface area contributed by atoms with Crippen LogP contribution < -0.4 is 0 Å². The quantitative estimate of drug-likeness (QED) is 0.632. The summed E-state index contributed by atoms with van der Waals surface area (Å²) in [6.45, 7) is 0. The van der Waals surface area contributed by atoms with Crippen LogP contribution in [0.4, 0.5) is 4.39 Å². The number of nitrogens with zero attached hydrogens (tertiary/aromatic N) is 2. The predicted molar refractivity (Wildman–Crippen MR) is 76.6 cm³/mol. The predicted octanol–water partition coefficient (Wildman–Crippen LogP) is 3.01. The highest BCUT2D eigenvalue weighted by atomic mass is 19.1. The Morgan fingerprint density at radius 2 is 1.65 bits per heavy atom. The number of hydrogen-bond donors (Lipinski definition) is 0. The number of rotatable bonds is 4. The third-order valence-corrected chi connectivity index (χ3v) is 2.73. The highest BCUT2D eigenvalue weighted by Crippen LogP contribution is 2.20. The Morgan fingerprint density at radius 3 is 2.20 bits per heavy atom. The summed E-state index contributed by atoms with van der Waals surface area (Å²) >= 11 is 0. The number of ketones is 1. The van der Waals surface area contributed by atoms with Gasteiger partial charge in [-0.2, -0.15) is 0 Å². The summed E-state index contributed by atoms with van der Waals surface area (Å²) in [6.07, 6.45) is 4.88. The van der Waals surface area contributed by atoms with Gasteiger partial charge >= 0.3 is 0 Å². The van der Waals surface area contributed by atoms with E-state index < -0.39 is 0 Å². The van der Waals surface area contributed by atoms with Gasteiger partial charge in [-0.25, -0.2) is 4.39 Å². The van der Waals surface area contributed by atoms with Gasteiger partial charge in [0.25, 0.3) is 0 Å². The SMILES string of the molecule is CN(C)C=C(C(=O)c1ccncc1)c1ccc(F)cc1. The van der Waals surface area contributed by atoms with E-state index in [-0.39, 0.29) is 11.6 Å². The van der Waals surface area contributed by atoms with Crippen molar-refractivity contribution in [2.75, 3.05) is 14.1 Å². The van der Waals surface area contributed by atoms with Crippen molar-refractivity contribution >= 4 is 11.4 Å². The molecule has 0 saturated carbocycles. The molecule has 0 fully saturated rings. The van der Waals surface area contributed by atoms with Crippen LogP contribution in [0.15, 0.2) is 55.0 Å². The molecule has 0 unspecified atom stereocenters. The van der Waals surface area contributed by atoms with E-state index in [0.717, 1.165) is 0 Å². The minimum absolute atomic E-state index is 0.118. The molecule has 20 heavy (non-hydrogen) atoms. The fourth-order valence-corrected chi connectivity index (χ4v) is 1.81. The lowest BCUT2D eigenvalue weighted by atomic mass is 9.98. The smallest absolute Gasteiger partial charge is 0.195 e. The zero-order valence-electron chi connectivity index (χ0n) is 11.4. The van der Waals surface area contributed by atoms with Crippen molar-refractivity contribution in [1.29, 1.82) is 0 Å². The molecule has 2 rings (SSSR count). The molecule has 0 aliphatic carbocycles. The second kappa shape index (κ2) is 6.10. The van der Waals surface area contributed by atoms with Gasteiger partial charge in [0, 0.05) is 43.8 Å². The third kappa shape index (κ3) is 3.29. The minimum Gasteiger partial charge on any atom is -0.383 e. The standard InChI is InChI=1S/C16H15FN2O/c1-19(2)11-15(12-3-5-14(17)6-4-12)16(20)13-7-9-18-10-8-13/h3-11H,1-2H3. The van der Waals surface area contributed by atoms with Crippen molar-refractivity contribution < 1.29 is 9.18 Å². The molecular formula is C16H15FN2O. The molecule has 0 saturated heterocycles. The Kier molecular flexibility index (Phi) is 4.25. The molecule has 0 spiro atoms. The zero-order chi connectivity index (χ0) is 14.5. The lowest BCUT2D eigenvalue weighted by Crippen LogP contribution is -2.09. The molecule has 0 atom stereocenters. The van der Waals surface area contributed by atoms with E-state index in [1.807, 2.05) is 14.1 Å². The van der Waals surface area contributed by atoms with Gasteiger partial charge in [-0.15, -0.1) is 0 Å². The summed E-state index contributed by atoms with van der Waals surface area (Å²) in [5, 5.41) is 0. The average Bonchev–Trinajstić information content (AvgIpc) is 2.46. The Bertz CT molecular complexity index is 619. The summed E-state index contributed by atoms with van der Waals surface area (Å²) in [7, 11) is 3.67. The Hall–Kier alpha value is -2.49. The van der Waals surface area contributed by atoms with Crippen LogP contribution in [-0.4, -0.2) is 29.8 Å². The average molecular weight is 270 g/mol. The highest BCUT2D eigenvalue weighted by molar-refractivity contribution is 6.28. The van der Waals surface area contributed by atoms with E-state index in [1.165, 1.54) is 12.1 Å².